The molecule has 0 aliphatic carbocycles. The lowest BCUT2D eigenvalue weighted by Gasteiger charge is -2.13. The summed E-state index contributed by atoms with van der Waals surface area (Å²) in [6.07, 6.45) is 1.12. The van der Waals surface area contributed by atoms with E-state index in [1.165, 1.54) is 5.30 Å². The monoisotopic (exact) mass is 184 g/mol. The normalized spacial score (nSPS) is 15.8. The summed E-state index contributed by atoms with van der Waals surface area (Å²) in [5.74, 6) is 0. The Morgan fingerprint density at radius 1 is 1.27 bits per heavy atom. The summed E-state index contributed by atoms with van der Waals surface area (Å²) in [7, 11) is 0. The largest absolute Gasteiger partial charge is 0.0929 e. The Morgan fingerprint density at radius 2 is 1.82 bits per heavy atom. The van der Waals surface area contributed by atoms with Gasteiger partial charge in [0.15, 0.2) is 0 Å². The minimum atomic E-state index is -1.19. The van der Waals surface area contributed by atoms with Crippen molar-refractivity contribution >= 4 is 23.1 Å². The van der Waals surface area contributed by atoms with Crippen molar-refractivity contribution in [3.63, 3.8) is 0 Å². The van der Waals surface area contributed by atoms with Crippen LogP contribution in [0.4, 0.5) is 0 Å². The highest BCUT2D eigenvalue weighted by Crippen LogP contribution is 2.39. The summed E-state index contributed by atoms with van der Waals surface area (Å²) in [4.78, 5) is 0. The molecule has 0 amide bonds. The van der Waals surface area contributed by atoms with Crippen molar-refractivity contribution in [2.45, 2.75) is 6.92 Å². The van der Waals surface area contributed by atoms with Crippen LogP contribution >= 0.6 is 6.04 Å². The number of hydrogen-bond donors (Lipinski definition) is 0. The van der Waals surface area contributed by atoms with Crippen LogP contribution in [0.3, 0.4) is 0 Å². The third-order valence-corrected chi connectivity index (χ3v) is 5.91. The molecule has 0 heterocycles. The highest BCUT2D eigenvalue weighted by Gasteiger charge is 2.08. The van der Waals surface area contributed by atoms with Crippen LogP contribution < -0.4 is 5.30 Å². The summed E-state index contributed by atoms with van der Waals surface area (Å²) in [6, 6.07) is 9.26. The average molecular weight is 184 g/mol. The molecule has 1 unspecified atom stereocenters. The van der Waals surface area contributed by atoms with Gasteiger partial charge in [0.1, 0.15) is 0 Å². The first-order chi connectivity index (χ1) is 5.17. The van der Waals surface area contributed by atoms with Gasteiger partial charge in [-0.05, 0) is 24.2 Å². The van der Waals surface area contributed by atoms with Crippen LogP contribution in [0.5, 0.6) is 0 Å². The van der Waals surface area contributed by atoms with E-state index >= 15 is 0 Å². The minimum absolute atomic E-state index is 1.12. The van der Waals surface area contributed by atoms with Gasteiger partial charge in [-0.15, -0.1) is 0 Å². The van der Waals surface area contributed by atoms with Crippen LogP contribution in [-0.2, 0) is 11.8 Å². The Kier molecular flexibility index (Phi) is 2.86. The molecule has 11 heavy (non-hydrogen) atoms. The van der Waals surface area contributed by atoms with Crippen molar-refractivity contribution in [2.24, 2.45) is 0 Å². The lowest BCUT2D eigenvalue weighted by atomic mass is 10.4. The molecule has 0 spiro atoms. The Morgan fingerprint density at radius 3 is 2.27 bits per heavy atom. The maximum Gasteiger partial charge on any atom is -0.0145 e. The highest BCUT2D eigenvalue weighted by molar-refractivity contribution is 8.17. The van der Waals surface area contributed by atoms with Gasteiger partial charge in [0.2, 0.25) is 0 Å². The van der Waals surface area contributed by atoms with Gasteiger partial charge < -0.3 is 0 Å². The lowest BCUT2D eigenvalue weighted by molar-refractivity contribution is 1.50. The van der Waals surface area contributed by atoms with Crippen LogP contribution in [0.2, 0.25) is 0 Å². The first-order valence-corrected chi connectivity index (χ1v) is 7.22. The van der Waals surface area contributed by atoms with Crippen molar-refractivity contribution in [1.82, 2.24) is 0 Å². The molecule has 2 heteroatoms. The molecule has 1 atom stereocenters. The molecule has 0 aromatic heterocycles. The number of benzene rings is 1. The average Bonchev–Trinajstić information content (AvgIpc) is 2.06. The van der Waals surface area contributed by atoms with Gasteiger partial charge in [0, 0.05) is 0 Å². The number of rotatable bonds is 2. The fourth-order valence-corrected chi connectivity index (χ4v) is 2.46. The molecule has 0 N–H and O–H groups in total. The van der Waals surface area contributed by atoms with Crippen LogP contribution in [0.25, 0.3) is 0 Å². The van der Waals surface area contributed by atoms with E-state index in [9.17, 15) is 0 Å². The standard InChI is InChI=1S/C9H13PS/c1-3-10(2,11)9-7-5-4-6-8-9/h4-8H,3H2,1-2H3. The molecular formula is C9H13PS. The molecule has 0 saturated heterocycles. The van der Waals surface area contributed by atoms with E-state index in [1.807, 2.05) is 6.07 Å². The molecular weight excluding hydrogens is 171 g/mol. The molecule has 1 aromatic rings. The summed E-state index contributed by atoms with van der Waals surface area (Å²) in [6.45, 7) is 4.38. The van der Waals surface area contributed by atoms with E-state index in [-0.39, 0.29) is 0 Å². The minimum Gasteiger partial charge on any atom is -0.0929 e. The second-order valence-electron chi connectivity index (χ2n) is 2.75. The quantitative estimate of drug-likeness (QED) is 0.636. The van der Waals surface area contributed by atoms with Crippen molar-refractivity contribution in [3.05, 3.63) is 30.3 Å². The molecule has 1 aromatic carbocycles. The molecule has 0 radical (unpaired) electrons. The van der Waals surface area contributed by atoms with E-state index < -0.39 is 6.04 Å². The summed E-state index contributed by atoms with van der Waals surface area (Å²) in [5.41, 5.74) is 0. The SMILES string of the molecule is CCP(C)(=S)c1ccccc1. The first kappa shape index (κ1) is 8.96. The second kappa shape index (κ2) is 3.51. The predicted octanol–water partition coefficient (Wildman–Crippen LogP) is 2.44. The maximum absolute atomic E-state index is 5.52. The molecule has 0 nitrogen and oxygen atoms in total. The van der Waals surface area contributed by atoms with Crippen molar-refractivity contribution in [2.75, 3.05) is 12.8 Å². The molecule has 1 rings (SSSR count). The van der Waals surface area contributed by atoms with Crippen LogP contribution in [0.15, 0.2) is 30.3 Å². The van der Waals surface area contributed by atoms with Crippen LogP contribution in [0.1, 0.15) is 6.92 Å². The third-order valence-electron chi connectivity index (χ3n) is 1.91. The Bertz CT molecular complexity index is 266. The van der Waals surface area contributed by atoms with Gasteiger partial charge in [-0.2, -0.15) is 0 Å². The van der Waals surface area contributed by atoms with Crippen molar-refractivity contribution in [1.29, 1.82) is 0 Å². The highest BCUT2D eigenvalue weighted by atomic mass is 32.4. The molecule has 0 fully saturated rings. The van der Waals surface area contributed by atoms with E-state index in [2.05, 4.69) is 37.9 Å². The Hall–Kier alpha value is -0.130. The van der Waals surface area contributed by atoms with Crippen LogP contribution in [-0.4, -0.2) is 12.8 Å². The topological polar surface area (TPSA) is 0 Å². The van der Waals surface area contributed by atoms with E-state index in [0.29, 0.717) is 0 Å². The zero-order valence-corrected chi connectivity index (χ0v) is 8.66. The second-order valence-corrected chi connectivity index (χ2v) is 8.52. The van der Waals surface area contributed by atoms with Crippen molar-refractivity contribution < 1.29 is 0 Å². The van der Waals surface area contributed by atoms with Crippen LogP contribution in [0, 0.1) is 0 Å². The summed E-state index contributed by atoms with van der Waals surface area (Å²) >= 11 is 5.52. The van der Waals surface area contributed by atoms with Gasteiger partial charge in [-0.1, -0.05) is 49.1 Å². The molecule has 0 aliphatic heterocycles. The third kappa shape index (κ3) is 2.15. The van der Waals surface area contributed by atoms with Crippen molar-refractivity contribution in [3.8, 4) is 0 Å². The van der Waals surface area contributed by atoms with E-state index in [4.69, 9.17) is 11.8 Å². The lowest BCUT2D eigenvalue weighted by Crippen LogP contribution is -2.03. The van der Waals surface area contributed by atoms with Gasteiger partial charge in [0.05, 0.1) is 0 Å². The predicted molar refractivity (Wildman–Crippen MR) is 56.8 cm³/mol. The smallest absolute Gasteiger partial charge is 0.0145 e. The number of hydrogen-bond acceptors (Lipinski definition) is 1. The molecule has 0 aliphatic rings. The first-order valence-electron chi connectivity index (χ1n) is 3.79. The molecule has 0 bridgehead atoms. The Balaban J connectivity index is 3.03. The summed E-state index contributed by atoms with van der Waals surface area (Å²) < 4.78 is 0. The fourth-order valence-electron chi connectivity index (χ4n) is 0.926. The zero-order chi connectivity index (χ0) is 8.32. The van der Waals surface area contributed by atoms with Gasteiger partial charge >= 0.3 is 0 Å². The van der Waals surface area contributed by atoms with E-state index in [0.717, 1.165) is 6.16 Å². The van der Waals surface area contributed by atoms with E-state index in [1.54, 1.807) is 0 Å². The fraction of sp³-hybridized carbons (Fsp3) is 0.333. The molecule has 0 saturated carbocycles. The Labute approximate surface area is 73.6 Å². The maximum atomic E-state index is 5.52. The summed E-state index contributed by atoms with van der Waals surface area (Å²) in [5, 5.41) is 1.36. The van der Waals surface area contributed by atoms with Gasteiger partial charge in [-0.25, -0.2) is 0 Å². The molecule has 60 valence electrons. The van der Waals surface area contributed by atoms with Gasteiger partial charge in [0.25, 0.3) is 0 Å². The van der Waals surface area contributed by atoms with Gasteiger partial charge in [-0.3, -0.25) is 0 Å². The zero-order valence-electron chi connectivity index (χ0n) is 6.95.